The van der Waals surface area contributed by atoms with Crippen molar-refractivity contribution in [2.45, 2.75) is 10.6 Å². The lowest BCUT2D eigenvalue weighted by molar-refractivity contribution is 0.0696. The van der Waals surface area contributed by atoms with Gasteiger partial charge in [0.05, 0.1) is 12.7 Å². The largest absolute Gasteiger partial charge is 0.497 e. The van der Waals surface area contributed by atoms with Gasteiger partial charge in [-0.25, -0.2) is 9.18 Å². The van der Waals surface area contributed by atoms with E-state index in [4.69, 9.17) is 9.84 Å². The second-order valence-corrected chi connectivity index (χ2v) is 5.17. The van der Waals surface area contributed by atoms with E-state index in [9.17, 15) is 9.18 Å². The summed E-state index contributed by atoms with van der Waals surface area (Å²) >= 11 is 1.51. The smallest absolute Gasteiger partial charge is 0.335 e. The highest BCUT2D eigenvalue weighted by molar-refractivity contribution is 7.98. The Kier molecular flexibility index (Phi) is 4.63. The zero-order valence-corrected chi connectivity index (χ0v) is 11.6. The fraction of sp³-hybridized carbons (Fsp3) is 0.133. The Balaban J connectivity index is 2.08. The molecule has 0 bridgehead atoms. The quantitative estimate of drug-likeness (QED) is 0.851. The Bertz CT molecular complexity index is 611. The molecule has 0 aromatic heterocycles. The Labute approximate surface area is 120 Å². The predicted molar refractivity (Wildman–Crippen MR) is 75.9 cm³/mol. The number of carbonyl (C=O) groups is 1. The molecule has 0 aliphatic carbocycles. The number of carboxylic acid groups (broad SMARTS) is 1. The van der Waals surface area contributed by atoms with Crippen LogP contribution in [0.5, 0.6) is 5.75 Å². The molecule has 104 valence electrons. The van der Waals surface area contributed by atoms with Crippen LogP contribution in [0.25, 0.3) is 0 Å². The monoisotopic (exact) mass is 292 g/mol. The summed E-state index contributed by atoms with van der Waals surface area (Å²) in [4.78, 5) is 11.9. The molecule has 0 heterocycles. The molecule has 0 saturated heterocycles. The van der Waals surface area contributed by atoms with Crippen LogP contribution in [0.4, 0.5) is 4.39 Å². The van der Waals surface area contributed by atoms with Crippen molar-refractivity contribution in [3.8, 4) is 5.75 Å². The molecule has 2 aromatic rings. The van der Waals surface area contributed by atoms with Gasteiger partial charge in [0, 0.05) is 10.6 Å². The standard InChI is InChI=1S/C15H13FO3S/c1-19-13-2-4-14(5-3-13)20-9-10-6-11(15(17)18)8-12(16)7-10/h2-8H,9H2,1H3,(H,17,18). The van der Waals surface area contributed by atoms with Crippen molar-refractivity contribution in [2.75, 3.05) is 7.11 Å². The van der Waals surface area contributed by atoms with Crippen molar-refractivity contribution in [3.05, 3.63) is 59.4 Å². The van der Waals surface area contributed by atoms with Gasteiger partial charge in [0.1, 0.15) is 11.6 Å². The second kappa shape index (κ2) is 6.43. The van der Waals surface area contributed by atoms with Crippen LogP contribution in [-0.4, -0.2) is 18.2 Å². The highest BCUT2D eigenvalue weighted by Gasteiger charge is 2.07. The van der Waals surface area contributed by atoms with Gasteiger partial charge in [0.25, 0.3) is 0 Å². The molecule has 3 nitrogen and oxygen atoms in total. The third-order valence-corrected chi connectivity index (χ3v) is 3.75. The first-order valence-electron chi connectivity index (χ1n) is 5.88. The Hall–Kier alpha value is -2.01. The van der Waals surface area contributed by atoms with E-state index in [1.54, 1.807) is 7.11 Å². The first-order valence-corrected chi connectivity index (χ1v) is 6.86. The fourth-order valence-electron chi connectivity index (χ4n) is 1.70. The third-order valence-electron chi connectivity index (χ3n) is 2.67. The molecular formula is C15H13FO3S. The maximum atomic E-state index is 13.3. The molecule has 1 N–H and O–H groups in total. The molecule has 0 unspecified atom stereocenters. The summed E-state index contributed by atoms with van der Waals surface area (Å²) in [5, 5.41) is 8.89. The topological polar surface area (TPSA) is 46.5 Å². The summed E-state index contributed by atoms with van der Waals surface area (Å²) < 4.78 is 18.4. The van der Waals surface area contributed by atoms with Crippen LogP contribution in [0, 0.1) is 5.82 Å². The molecule has 20 heavy (non-hydrogen) atoms. The normalized spacial score (nSPS) is 10.3. The van der Waals surface area contributed by atoms with Crippen molar-refractivity contribution < 1.29 is 19.0 Å². The Morgan fingerprint density at radius 3 is 2.55 bits per heavy atom. The summed E-state index contributed by atoms with van der Waals surface area (Å²) in [7, 11) is 1.60. The zero-order valence-electron chi connectivity index (χ0n) is 10.8. The number of rotatable bonds is 5. The van der Waals surface area contributed by atoms with Crippen LogP contribution in [0.3, 0.4) is 0 Å². The minimum absolute atomic E-state index is 0.0321. The molecule has 0 aliphatic heterocycles. The zero-order chi connectivity index (χ0) is 14.5. The van der Waals surface area contributed by atoms with E-state index in [1.807, 2.05) is 24.3 Å². The third kappa shape index (κ3) is 3.74. The number of methoxy groups -OCH3 is 1. The number of thioether (sulfide) groups is 1. The van der Waals surface area contributed by atoms with Gasteiger partial charge in [0.2, 0.25) is 0 Å². The van der Waals surface area contributed by atoms with Gasteiger partial charge >= 0.3 is 5.97 Å². The number of benzene rings is 2. The summed E-state index contributed by atoms with van der Waals surface area (Å²) in [6, 6.07) is 11.4. The van der Waals surface area contributed by atoms with Crippen molar-refractivity contribution >= 4 is 17.7 Å². The van der Waals surface area contributed by atoms with Crippen molar-refractivity contribution in [3.63, 3.8) is 0 Å². The predicted octanol–water partition coefficient (Wildman–Crippen LogP) is 3.82. The first kappa shape index (κ1) is 14.4. The molecule has 0 fully saturated rings. The van der Waals surface area contributed by atoms with E-state index >= 15 is 0 Å². The van der Waals surface area contributed by atoms with Crippen LogP contribution in [0.1, 0.15) is 15.9 Å². The fourth-order valence-corrected chi connectivity index (χ4v) is 2.52. The summed E-state index contributed by atoms with van der Waals surface area (Å²) in [5.74, 6) is -0.381. The lowest BCUT2D eigenvalue weighted by Gasteiger charge is -2.05. The van der Waals surface area contributed by atoms with Crippen molar-refractivity contribution in [1.29, 1.82) is 0 Å². The number of carboxylic acids is 1. The molecule has 0 spiro atoms. The van der Waals surface area contributed by atoms with Gasteiger partial charge in [-0.05, 0) is 48.0 Å². The molecule has 0 aliphatic rings. The highest BCUT2D eigenvalue weighted by Crippen LogP contribution is 2.25. The maximum absolute atomic E-state index is 13.3. The van der Waals surface area contributed by atoms with E-state index in [0.29, 0.717) is 11.3 Å². The number of aromatic carboxylic acids is 1. The van der Waals surface area contributed by atoms with E-state index in [1.165, 1.54) is 23.9 Å². The molecule has 0 radical (unpaired) electrons. The first-order chi connectivity index (χ1) is 9.58. The molecule has 0 amide bonds. The van der Waals surface area contributed by atoms with Gasteiger partial charge in [0.15, 0.2) is 0 Å². The van der Waals surface area contributed by atoms with Gasteiger partial charge in [-0.1, -0.05) is 0 Å². The van der Waals surface area contributed by atoms with Crippen LogP contribution >= 0.6 is 11.8 Å². The molecule has 2 rings (SSSR count). The summed E-state index contributed by atoms with van der Waals surface area (Å²) in [5.41, 5.74) is 0.610. The molecule has 0 atom stereocenters. The summed E-state index contributed by atoms with van der Waals surface area (Å²) in [6.07, 6.45) is 0. The number of hydrogen-bond donors (Lipinski definition) is 1. The molecule has 0 saturated carbocycles. The van der Waals surface area contributed by atoms with Crippen molar-refractivity contribution in [1.82, 2.24) is 0 Å². The Morgan fingerprint density at radius 2 is 1.95 bits per heavy atom. The minimum Gasteiger partial charge on any atom is -0.497 e. The average Bonchev–Trinajstić information content (AvgIpc) is 2.45. The van der Waals surface area contributed by atoms with Gasteiger partial charge in [-0.15, -0.1) is 11.8 Å². The number of hydrogen-bond acceptors (Lipinski definition) is 3. The molecular weight excluding hydrogens is 279 g/mol. The maximum Gasteiger partial charge on any atom is 0.335 e. The van der Waals surface area contributed by atoms with E-state index in [0.717, 1.165) is 16.7 Å². The average molecular weight is 292 g/mol. The summed E-state index contributed by atoms with van der Waals surface area (Å²) in [6.45, 7) is 0. The van der Waals surface area contributed by atoms with Gasteiger partial charge in [-0.2, -0.15) is 0 Å². The number of ether oxygens (including phenoxy) is 1. The van der Waals surface area contributed by atoms with Crippen LogP contribution < -0.4 is 4.74 Å². The van der Waals surface area contributed by atoms with Crippen LogP contribution in [0.15, 0.2) is 47.4 Å². The number of halogens is 1. The second-order valence-electron chi connectivity index (χ2n) is 4.12. The molecule has 2 aromatic carbocycles. The van der Waals surface area contributed by atoms with Gasteiger partial charge < -0.3 is 9.84 Å². The van der Waals surface area contributed by atoms with E-state index < -0.39 is 11.8 Å². The lowest BCUT2D eigenvalue weighted by Crippen LogP contribution is -1.98. The lowest BCUT2D eigenvalue weighted by atomic mass is 10.1. The highest BCUT2D eigenvalue weighted by atomic mass is 32.2. The van der Waals surface area contributed by atoms with Crippen molar-refractivity contribution in [2.24, 2.45) is 0 Å². The van der Waals surface area contributed by atoms with E-state index in [-0.39, 0.29) is 5.56 Å². The van der Waals surface area contributed by atoms with Gasteiger partial charge in [-0.3, -0.25) is 0 Å². The Morgan fingerprint density at radius 1 is 1.25 bits per heavy atom. The van der Waals surface area contributed by atoms with Crippen LogP contribution in [0.2, 0.25) is 0 Å². The van der Waals surface area contributed by atoms with Crippen LogP contribution in [-0.2, 0) is 5.75 Å². The minimum atomic E-state index is -1.12. The SMILES string of the molecule is COc1ccc(SCc2cc(F)cc(C(=O)O)c2)cc1. The van der Waals surface area contributed by atoms with E-state index in [2.05, 4.69) is 0 Å². The molecule has 5 heteroatoms.